The van der Waals surface area contributed by atoms with E-state index in [9.17, 15) is 4.39 Å². The highest BCUT2D eigenvalue weighted by atomic mass is 19.1. The van der Waals surface area contributed by atoms with Crippen LogP contribution in [-0.2, 0) is 5.41 Å². The maximum absolute atomic E-state index is 13.2. The first-order valence-electron chi connectivity index (χ1n) is 7.85. The summed E-state index contributed by atoms with van der Waals surface area (Å²) in [7, 11) is 2.08. The zero-order valence-electron chi connectivity index (χ0n) is 13.5. The van der Waals surface area contributed by atoms with E-state index < -0.39 is 0 Å². The van der Waals surface area contributed by atoms with Crippen molar-refractivity contribution in [3.63, 3.8) is 0 Å². The fourth-order valence-electron chi connectivity index (χ4n) is 4.52. The SMILES string of the molecule is CCC1(CC)C(NC)CC1C(C)(C)c1ccc(F)cc1. The van der Waals surface area contributed by atoms with Crippen LogP contribution in [0.5, 0.6) is 0 Å². The molecular formula is C18H28FN. The quantitative estimate of drug-likeness (QED) is 0.834. The first-order chi connectivity index (χ1) is 9.42. The summed E-state index contributed by atoms with van der Waals surface area (Å²) >= 11 is 0. The van der Waals surface area contributed by atoms with E-state index in [-0.39, 0.29) is 11.2 Å². The molecule has 0 bridgehead atoms. The van der Waals surface area contributed by atoms with Crippen LogP contribution in [0.1, 0.15) is 52.5 Å². The molecule has 0 saturated heterocycles. The lowest BCUT2D eigenvalue weighted by Gasteiger charge is -2.61. The van der Waals surface area contributed by atoms with Crippen molar-refractivity contribution < 1.29 is 4.39 Å². The molecular weight excluding hydrogens is 249 g/mol. The Morgan fingerprint density at radius 2 is 1.75 bits per heavy atom. The Balaban J connectivity index is 2.32. The molecule has 2 unspecified atom stereocenters. The van der Waals surface area contributed by atoms with Gasteiger partial charge in [0.1, 0.15) is 5.82 Å². The van der Waals surface area contributed by atoms with Gasteiger partial charge in [-0.05, 0) is 60.8 Å². The standard InChI is InChI=1S/C18H28FN/c1-6-18(7-2)15(12-16(18)20-5)17(3,4)13-8-10-14(19)11-9-13/h8-11,15-16,20H,6-7,12H2,1-5H3. The average Bonchev–Trinajstić information content (AvgIpc) is 2.40. The van der Waals surface area contributed by atoms with Crippen LogP contribution < -0.4 is 5.32 Å². The molecule has 0 aliphatic heterocycles. The molecule has 1 saturated carbocycles. The van der Waals surface area contributed by atoms with E-state index in [1.54, 1.807) is 12.1 Å². The zero-order valence-corrected chi connectivity index (χ0v) is 13.5. The predicted molar refractivity (Wildman–Crippen MR) is 83.4 cm³/mol. The van der Waals surface area contributed by atoms with Gasteiger partial charge in [-0.15, -0.1) is 0 Å². The minimum absolute atomic E-state index is 0.0903. The lowest BCUT2D eigenvalue weighted by Crippen LogP contribution is -2.63. The zero-order chi connectivity index (χ0) is 15.0. The average molecular weight is 277 g/mol. The van der Waals surface area contributed by atoms with Crippen molar-refractivity contribution in [2.75, 3.05) is 7.05 Å². The van der Waals surface area contributed by atoms with Gasteiger partial charge in [-0.3, -0.25) is 0 Å². The van der Waals surface area contributed by atoms with Gasteiger partial charge in [0.2, 0.25) is 0 Å². The molecule has 1 N–H and O–H groups in total. The van der Waals surface area contributed by atoms with E-state index in [1.165, 1.54) is 24.8 Å². The van der Waals surface area contributed by atoms with Gasteiger partial charge < -0.3 is 5.32 Å². The monoisotopic (exact) mass is 277 g/mol. The van der Waals surface area contributed by atoms with E-state index in [0.29, 0.717) is 17.4 Å². The highest BCUT2D eigenvalue weighted by Gasteiger charge is 2.57. The smallest absolute Gasteiger partial charge is 0.123 e. The number of rotatable bonds is 5. The predicted octanol–water partition coefficient (Wildman–Crippen LogP) is 4.52. The summed E-state index contributed by atoms with van der Waals surface area (Å²) in [5.74, 6) is 0.497. The van der Waals surface area contributed by atoms with Crippen LogP contribution in [0, 0.1) is 17.2 Å². The van der Waals surface area contributed by atoms with Crippen LogP contribution >= 0.6 is 0 Å². The molecule has 1 fully saturated rings. The van der Waals surface area contributed by atoms with E-state index >= 15 is 0 Å². The summed E-state index contributed by atoms with van der Waals surface area (Å²) in [6.45, 7) is 9.25. The van der Waals surface area contributed by atoms with Crippen molar-refractivity contribution >= 4 is 0 Å². The Morgan fingerprint density at radius 1 is 1.20 bits per heavy atom. The second-order valence-corrected chi connectivity index (χ2v) is 6.80. The van der Waals surface area contributed by atoms with Gasteiger partial charge in [0.05, 0.1) is 0 Å². The van der Waals surface area contributed by atoms with Crippen molar-refractivity contribution in [2.45, 2.75) is 58.4 Å². The van der Waals surface area contributed by atoms with Gasteiger partial charge in [-0.2, -0.15) is 0 Å². The molecule has 1 nitrogen and oxygen atoms in total. The van der Waals surface area contributed by atoms with Crippen molar-refractivity contribution in [3.05, 3.63) is 35.6 Å². The molecule has 0 heterocycles. The Kier molecular flexibility index (Phi) is 4.24. The fourth-order valence-corrected chi connectivity index (χ4v) is 4.52. The fraction of sp³-hybridized carbons (Fsp3) is 0.667. The Hall–Kier alpha value is -0.890. The van der Waals surface area contributed by atoms with Crippen molar-refractivity contribution in [2.24, 2.45) is 11.3 Å². The van der Waals surface area contributed by atoms with E-state index in [4.69, 9.17) is 0 Å². The van der Waals surface area contributed by atoms with E-state index in [2.05, 4.69) is 40.1 Å². The molecule has 1 aliphatic carbocycles. The van der Waals surface area contributed by atoms with E-state index in [1.807, 2.05) is 12.1 Å². The minimum atomic E-state index is -0.150. The van der Waals surface area contributed by atoms with Crippen LogP contribution in [0.4, 0.5) is 4.39 Å². The number of hydrogen-bond donors (Lipinski definition) is 1. The Bertz CT molecular complexity index is 445. The molecule has 0 radical (unpaired) electrons. The van der Waals surface area contributed by atoms with Gasteiger partial charge in [0.15, 0.2) is 0 Å². The number of hydrogen-bond acceptors (Lipinski definition) is 1. The maximum Gasteiger partial charge on any atom is 0.123 e. The van der Waals surface area contributed by atoms with Crippen molar-refractivity contribution in [1.82, 2.24) is 5.32 Å². The third-order valence-electron chi connectivity index (χ3n) is 5.98. The molecule has 0 amide bonds. The van der Waals surface area contributed by atoms with Crippen LogP contribution in [0.3, 0.4) is 0 Å². The molecule has 1 aliphatic rings. The second-order valence-electron chi connectivity index (χ2n) is 6.80. The Morgan fingerprint density at radius 3 is 2.20 bits per heavy atom. The third kappa shape index (κ3) is 2.18. The molecule has 0 aromatic heterocycles. The first kappa shape index (κ1) is 15.5. The first-order valence-corrected chi connectivity index (χ1v) is 7.85. The lowest BCUT2D eigenvalue weighted by atomic mass is 9.45. The molecule has 0 spiro atoms. The summed E-state index contributed by atoms with van der Waals surface area (Å²) in [4.78, 5) is 0. The van der Waals surface area contributed by atoms with Gasteiger partial charge in [0.25, 0.3) is 0 Å². The minimum Gasteiger partial charge on any atom is -0.316 e. The van der Waals surface area contributed by atoms with Gasteiger partial charge in [-0.25, -0.2) is 4.39 Å². The summed E-state index contributed by atoms with van der Waals surface area (Å²) < 4.78 is 13.2. The van der Waals surface area contributed by atoms with Crippen LogP contribution in [0.25, 0.3) is 0 Å². The van der Waals surface area contributed by atoms with Gasteiger partial charge in [0, 0.05) is 6.04 Å². The maximum atomic E-state index is 13.2. The van der Waals surface area contributed by atoms with Crippen LogP contribution in [0.15, 0.2) is 24.3 Å². The summed E-state index contributed by atoms with van der Waals surface area (Å²) in [6, 6.07) is 7.70. The van der Waals surface area contributed by atoms with Crippen LogP contribution in [-0.4, -0.2) is 13.1 Å². The largest absolute Gasteiger partial charge is 0.316 e. The van der Waals surface area contributed by atoms with Crippen molar-refractivity contribution in [3.8, 4) is 0 Å². The summed E-state index contributed by atoms with van der Waals surface area (Å²) in [5, 5.41) is 3.50. The lowest BCUT2D eigenvalue weighted by molar-refractivity contribution is -0.0659. The molecule has 2 heteroatoms. The Labute approximate surface area is 123 Å². The number of halogens is 1. The second kappa shape index (κ2) is 5.48. The normalized spacial score (nSPS) is 25.3. The number of benzene rings is 1. The highest BCUT2D eigenvalue weighted by Crippen LogP contribution is 2.59. The molecule has 20 heavy (non-hydrogen) atoms. The van der Waals surface area contributed by atoms with Gasteiger partial charge >= 0.3 is 0 Å². The van der Waals surface area contributed by atoms with Crippen LogP contribution in [0.2, 0.25) is 0 Å². The van der Waals surface area contributed by atoms with E-state index in [0.717, 1.165) is 0 Å². The highest BCUT2D eigenvalue weighted by molar-refractivity contribution is 5.29. The molecule has 1 aromatic carbocycles. The topological polar surface area (TPSA) is 12.0 Å². The molecule has 1 aromatic rings. The summed E-state index contributed by atoms with van der Waals surface area (Å²) in [5.41, 5.74) is 1.71. The summed E-state index contributed by atoms with van der Waals surface area (Å²) in [6.07, 6.45) is 3.61. The van der Waals surface area contributed by atoms with Gasteiger partial charge in [-0.1, -0.05) is 39.8 Å². The third-order valence-corrected chi connectivity index (χ3v) is 5.98. The van der Waals surface area contributed by atoms with Crippen molar-refractivity contribution in [1.29, 1.82) is 0 Å². The molecule has 112 valence electrons. The number of nitrogens with one attached hydrogen (secondary N) is 1. The molecule has 2 atom stereocenters. The molecule has 2 rings (SSSR count).